The smallest absolute Gasteiger partial charge is 0.223 e. The third kappa shape index (κ3) is 4.35. The molecule has 0 atom stereocenters. The van der Waals surface area contributed by atoms with Gasteiger partial charge >= 0.3 is 0 Å². The summed E-state index contributed by atoms with van der Waals surface area (Å²) in [5.74, 6) is 0.787. The molecule has 1 rings (SSSR count). The third-order valence-electron chi connectivity index (χ3n) is 3.49. The number of hydrogen-bond acceptors (Lipinski definition) is 3. The first-order valence-corrected chi connectivity index (χ1v) is 6.45. The summed E-state index contributed by atoms with van der Waals surface area (Å²) in [4.78, 5) is 11.8. The van der Waals surface area contributed by atoms with Gasteiger partial charge in [-0.25, -0.2) is 0 Å². The van der Waals surface area contributed by atoms with Gasteiger partial charge in [-0.15, -0.1) is 0 Å². The van der Waals surface area contributed by atoms with Crippen molar-refractivity contribution in [2.45, 2.75) is 51.5 Å². The average molecular weight is 237 g/mol. The van der Waals surface area contributed by atoms with Crippen LogP contribution in [0.3, 0.4) is 0 Å². The van der Waals surface area contributed by atoms with Crippen LogP contribution in [-0.4, -0.2) is 18.0 Å². The minimum absolute atomic E-state index is 0.0483. The first kappa shape index (κ1) is 14.0. The van der Waals surface area contributed by atoms with Crippen LogP contribution in [0.4, 0.5) is 0 Å². The number of amides is 1. The average Bonchev–Trinajstić information content (AvgIpc) is 2.29. The van der Waals surface area contributed by atoms with Crippen molar-refractivity contribution in [2.24, 2.45) is 17.6 Å². The van der Waals surface area contributed by atoms with E-state index in [4.69, 9.17) is 11.0 Å². The number of rotatable bonds is 4. The first-order valence-electron chi connectivity index (χ1n) is 6.45. The van der Waals surface area contributed by atoms with Crippen LogP contribution in [-0.2, 0) is 4.79 Å². The van der Waals surface area contributed by atoms with E-state index in [0.29, 0.717) is 18.8 Å². The van der Waals surface area contributed by atoms with E-state index in [1.807, 2.05) is 0 Å². The predicted octanol–water partition coefficient (Wildman–Crippen LogP) is 1.56. The number of nitrogens with zero attached hydrogens (tertiary/aromatic N) is 1. The largest absolute Gasteiger partial charge is 0.356 e. The molecule has 4 heteroatoms. The highest BCUT2D eigenvalue weighted by Gasteiger charge is 2.34. The van der Waals surface area contributed by atoms with Crippen molar-refractivity contribution < 1.29 is 4.79 Å². The van der Waals surface area contributed by atoms with Crippen LogP contribution in [0.15, 0.2) is 0 Å². The summed E-state index contributed by atoms with van der Waals surface area (Å²) in [5.41, 5.74) is 5.17. The van der Waals surface area contributed by atoms with Crippen LogP contribution < -0.4 is 11.1 Å². The van der Waals surface area contributed by atoms with Gasteiger partial charge in [-0.2, -0.15) is 5.26 Å². The molecular weight excluding hydrogens is 214 g/mol. The lowest BCUT2D eigenvalue weighted by Crippen LogP contribution is -2.44. The molecule has 0 aromatic rings. The van der Waals surface area contributed by atoms with E-state index in [1.165, 1.54) is 0 Å². The van der Waals surface area contributed by atoms with E-state index in [1.54, 1.807) is 0 Å². The summed E-state index contributed by atoms with van der Waals surface area (Å²) in [7, 11) is 0. The lowest BCUT2D eigenvalue weighted by atomic mass is 9.77. The highest BCUT2D eigenvalue weighted by molar-refractivity contribution is 5.78. The predicted molar refractivity (Wildman–Crippen MR) is 67.0 cm³/mol. The zero-order chi connectivity index (χ0) is 12.9. The molecule has 0 unspecified atom stereocenters. The first-order chi connectivity index (χ1) is 7.97. The Morgan fingerprint density at radius 3 is 2.59 bits per heavy atom. The summed E-state index contributed by atoms with van der Waals surface area (Å²) in [6.07, 6.45) is 3.74. The van der Waals surface area contributed by atoms with Gasteiger partial charge in [-0.3, -0.25) is 4.79 Å². The molecule has 1 aliphatic rings. The topological polar surface area (TPSA) is 78.9 Å². The maximum absolute atomic E-state index is 11.8. The fraction of sp³-hybridized carbons (Fsp3) is 0.846. The Morgan fingerprint density at radius 2 is 2.12 bits per heavy atom. The van der Waals surface area contributed by atoms with Crippen molar-refractivity contribution in [3.8, 4) is 6.07 Å². The van der Waals surface area contributed by atoms with Gasteiger partial charge in [0.1, 0.15) is 5.54 Å². The second kappa shape index (κ2) is 6.02. The van der Waals surface area contributed by atoms with Crippen LogP contribution in [0.2, 0.25) is 0 Å². The molecule has 0 aromatic heterocycles. The summed E-state index contributed by atoms with van der Waals surface area (Å²) >= 11 is 0. The molecule has 4 nitrogen and oxygen atoms in total. The van der Waals surface area contributed by atoms with Crippen molar-refractivity contribution in [1.29, 1.82) is 5.26 Å². The van der Waals surface area contributed by atoms with E-state index in [2.05, 4.69) is 25.2 Å². The lowest BCUT2D eigenvalue weighted by Gasteiger charge is -2.31. The Labute approximate surface area is 104 Å². The third-order valence-corrected chi connectivity index (χ3v) is 3.49. The second-order valence-electron chi connectivity index (χ2n) is 5.52. The molecule has 1 aliphatic carbocycles. The lowest BCUT2D eigenvalue weighted by molar-refractivity contribution is -0.126. The van der Waals surface area contributed by atoms with Gasteiger partial charge < -0.3 is 11.1 Å². The van der Waals surface area contributed by atoms with E-state index in [-0.39, 0.29) is 11.8 Å². The number of nitrogens with one attached hydrogen (secondary N) is 1. The van der Waals surface area contributed by atoms with Crippen molar-refractivity contribution in [1.82, 2.24) is 5.32 Å². The van der Waals surface area contributed by atoms with Gasteiger partial charge in [0.05, 0.1) is 6.07 Å². The van der Waals surface area contributed by atoms with Gasteiger partial charge in [0, 0.05) is 12.5 Å². The molecule has 0 aromatic carbocycles. The molecular formula is C13H23N3O. The summed E-state index contributed by atoms with van der Waals surface area (Å²) in [6, 6.07) is 2.14. The van der Waals surface area contributed by atoms with E-state index in [0.717, 1.165) is 25.8 Å². The minimum Gasteiger partial charge on any atom is -0.356 e. The van der Waals surface area contributed by atoms with E-state index in [9.17, 15) is 4.79 Å². The van der Waals surface area contributed by atoms with E-state index >= 15 is 0 Å². The second-order valence-corrected chi connectivity index (χ2v) is 5.52. The molecule has 0 saturated heterocycles. The van der Waals surface area contributed by atoms with E-state index < -0.39 is 5.54 Å². The van der Waals surface area contributed by atoms with Crippen molar-refractivity contribution >= 4 is 5.91 Å². The molecule has 0 radical (unpaired) electrons. The van der Waals surface area contributed by atoms with Crippen LogP contribution >= 0.6 is 0 Å². The summed E-state index contributed by atoms with van der Waals surface area (Å²) in [6.45, 7) is 5.03. The molecule has 1 saturated carbocycles. The summed E-state index contributed by atoms with van der Waals surface area (Å²) < 4.78 is 0. The monoisotopic (exact) mass is 237 g/mol. The fourth-order valence-corrected chi connectivity index (χ4v) is 2.14. The molecule has 0 spiro atoms. The van der Waals surface area contributed by atoms with Crippen molar-refractivity contribution in [2.75, 3.05) is 6.54 Å². The van der Waals surface area contributed by atoms with Crippen LogP contribution in [0.25, 0.3) is 0 Å². The Hall–Kier alpha value is -1.08. The standard InChI is InChI=1S/C13H23N3O/c1-10(2)5-8-16-12(17)11-3-6-13(15,9-14)7-4-11/h10-11H,3-8,15H2,1-2H3,(H,16,17). The quantitative estimate of drug-likeness (QED) is 0.778. The highest BCUT2D eigenvalue weighted by Crippen LogP contribution is 2.29. The maximum Gasteiger partial charge on any atom is 0.223 e. The number of nitriles is 1. The Kier molecular flexibility index (Phi) is 4.95. The van der Waals surface area contributed by atoms with Gasteiger partial charge in [-0.05, 0) is 38.0 Å². The Balaban J connectivity index is 2.29. The Morgan fingerprint density at radius 1 is 1.53 bits per heavy atom. The Bertz CT molecular complexity index is 298. The van der Waals surface area contributed by atoms with Gasteiger partial charge in [0.15, 0.2) is 0 Å². The molecule has 0 heterocycles. The molecule has 17 heavy (non-hydrogen) atoms. The maximum atomic E-state index is 11.8. The highest BCUT2D eigenvalue weighted by atomic mass is 16.1. The van der Waals surface area contributed by atoms with Gasteiger partial charge in [0.2, 0.25) is 5.91 Å². The number of hydrogen-bond donors (Lipinski definition) is 2. The number of nitrogens with two attached hydrogens (primary N) is 1. The zero-order valence-corrected chi connectivity index (χ0v) is 10.8. The molecule has 96 valence electrons. The van der Waals surface area contributed by atoms with Crippen LogP contribution in [0.5, 0.6) is 0 Å². The molecule has 1 fully saturated rings. The van der Waals surface area contributed by atoms with Crippen molar-refractivity contribution in [3.63, 3.8) is 0 Å². The summed E-state index contributed by atoms with van der Waals surface area (Å²) in [5, 5.41) is 11.9. The zero-order valence-electron chi connectivity index (χ0n) is 10.8. The van der Waals surface area contributed by atoms with Gasteiger partial charge in [0.25, 0.3) is 0 Å². The normalized spacial score (nSPS) is 28.8. The SMILES string of the molecule is CC(C)CCNC(=O)C1CCC(N)(C#N)CC1. The number of carbonyl (C=O) groups excluding carboxylic acids is 1. The fourth-order valence-electron chi connectivity index (χ4n) is 2.14. The molecule has 0 aliphatic heterocycles. The van der Waals surface area contributed by atoms with Crippen LogP contribution in [0.1, 0.15) is 46.0 Å². The molecule has 3 N–H and O–H groups in total. The molecule has 0 bridgehead atoms. The molecule has 1 amide bonds. The minimum atomic E-state index is -0.700. The number of carbonyl (C=O) groups is 1. The van der Waals surface area contributed by atoms with Crippen LogP contribution in [0, 0.1) is 23.2 Å². The van der Waals surface area contributed by atoms with Crippen molar-refractivity contribution in [3.05, 3.63) is 0 Å². The van der Waals surface area contributed by atoms with Gasteiger partial charge in [-0.1, -0.05) is 13.8 Å².